The number of methoxy groups -OCH3 is 1. The van der Waals surface area contributed by atoms with Gasteiger partial charge in [0.2, 0.25) is 0 Å². The Morgan fingerprint density at radius 1 is 1.35 bits per heavy atom. The van der Waals surface area contributed by atoms with E-state index in [4.69, 9.17) is 10.5 Å². The van der Waals surface area contributed by atoms with Gasteiger partial charge in [-0.15, -0.1) is 5.10 Å². The van der Waals surface area contributed by atoms with Gasteiger partial charge in [-0.2, -0.15) is 0 Å². The van der Waals surface area contributed by atoms with Gasteiger partial charge in [0.05, 0.1) is 18.2 Å². The number of hydrogen-bond donors (Lipinski definition) is 1. The lowest BCUT2D eigenvalue weighted by Crippen LogP contribution is -2.28. The highest BCUT2D eigenvalue weighted by molar-refractivity contribution is 5.77. The van der Waals surface area contributed by atoms with Crippen molar-refractivity contribution in [1.82, 2.24) is 20.2 Å². The van der Waals surface area contributed by atoms with Gasteiger partial charge in [0.1, 0.15) is 5.75 Å². The van der Waals surface area contributed by atoms with Gasteiger partial charge < -0.3 is 10.5 Å². The monoisotopic (exact) mass is 275 g/mol. The molecule has 0 amide bonds. The van der Waals surface area contributed by atoms with E-state index in [-0.39, 0.29) is 5.54 Å². The van der Waals surface area contributed by atoms with Crippen LogP contribution in [0.5, 0.6) is 5.75 Å². The number of nitrogens with zero attached hydrogens (tertiary/aromatic N) is 4. The summed E-state index contributed by atoms with van der Waals surface area (Å²) in [6.07, 6.45) is 2.02. The Labute approximate surface area is 118 Å². The molecule has 0 spiro atoms. The van der Waals surface area contributed by atoms with Crippen LogP contribution in [0.1, 0.15) is 33.6 Å². The molecule has 0 fully saturated rings. The zero-order valence-electron chi connectivity index (χ0n) is 12.4. The van der Waals surface area contributed by atoms with Crippen LogP contribution in [-0.4, -0.2) is 27.3 Å². The zero-order valence-corrected chi connectivity index (χ0v) is 12.4. The summed E-state index contributed by atoms with van der Waals surface area (Å²) in [5, 5.41) is 12.1. The van der Waals surface area contributed by atoms with Crippen LogP contribution in [0.4, 0.5) is 5.69 Å². The van der Waals surface area contributed by atoms with E-state index in [0.717, 1.165) is 18.4 Å². The summed E-state index contributed by atoms with van der Waals surface area (Å²) in [7, 11) is 1.61. The lowest BCUT2D eigenvalue weighted by Gasteiger charge is -2.25. The average Bonchev–Trinajstić information content (AvgIpc) is 2.88. The SMILES string of the molecule is CCCC(C)(C)n1nnnc1-c1c(N)cccc1OC. The smallest absolute Gasteiger partial charge is 0.188 e. The van der Waals surface area contributed by atoms with Gasteiger partial charge in [-0.05, 0) is 42.8 Å². The first kappa shape index (κ1) is 14.3. The highest BCUT2D eigenvalue weighted by Gasteiger charge is 2.27. The third-order valence-corrected chi connectivity index (χ3v) is 3.41. The predicted molar refractivity (Wildman–Crippen MR) is 78.4 cm³/mol. The maximum atomic E-state index is 6.09. The van der Waals surface area contributed by atoms with E-state index in [1.165, 1.54) is 0 Å². The minimum atomic E-state index is -0.180. The molecule has 0 bridgehead atoms. The first-order valence-electron chi connectivity index (χ1n) is 6.73. The topological polar surface area (TPSA) is 78.9 Å². The Bertz CT molecular complexity index is 591. The molecule has 0 atom stereocenters. The Kier molecular flexibility index (Phi) is 3.92. The molecule has 0 aliphatic rings. The second kappa shape index (κ2) is 5.48. The standard InChI is InChI=1S/C14H21N5O/c1-5-9-14(2,3)19-13(16-17-18-19)12-10(15)7-6-8-11(12)20-4/h6-8H,5,9,15H2,1-4H3. The molecular weight excluding hydrogens is 254 g/mol. The van der Waals surface area contributed by atoms with E-state index in [9.17, 15) is 0 Å². The molecule has 0 saturated heterocycles. The van der Waals surface area contributed by atoms with Crippen molar-refractivity contribution in [3.05, 3.63) is 18.2 Å². The quantitative estimate of drug-likeness (QED) is 0.848. The summed E-state index contributed by atoms with van der Waals surface area (Å²) in [6, 6.07) is 5.53. The zero-order chi connectivity index (χ0) is 14.8. The molecule has 1 heterocycles. The fourth-order valence-electron chi connectivity index (χ4n) is 2.43. The largest absolute Gasteiger partial charge is 0.496 e. The van der Waals surface area contributed by atoms with Crippen LogP contribution >= 0.6 is 0 Å². The lowest BCUT2D eigenvalue weighted by atomic mass is 9.98. The maximum Gasteiger partial charge on any atom is 0.188 e. The van der Waals surface area contributed by atoms with Crippen molar-refractivity contribution in [2.24, 2.45) is 0 Å². The Morgan fingerprint density at radius 2 is 2.10 bits per heavy atom. The highest BCUT2D eigenvalue weighted by Crippen LogP contribution is 2.36. The van der Waals surface area contributed by atoms with Crippen LogP contribution in [0.15, 0.2) is 18.2 Å². The second-order valence-corrected chi connectivity index (χ2v) is 5.40. The molecule has 2 rings (SSSR count). The number of aromatic nitrogens is 4. The number of nitrogen functional groups attached to an aromatic ring is 1. The fraction of sp³-hybridized carbons (Fsp3) is 0.500. The summed E-state index contributed by atoms with van der Waals surface area (Å²) >= 11 is 0. The highest BCUT2D eigenvalue weighted by atomic mass is 16.5. The Balaban J connectivity index is 2.59. The number of ether oxygens (including phenoxy) is 1. The number of anilines is 1. The van der Waals surface area contributed by atoms with Crippen molar-refractivity contribution < 1.29 is 4.74 Å². The average molecular weight is 275 g/mol. The molecule has 20 heavy (non-hydrogen) atoms. The lowest BCUT2D eigenvalue weighted by molar-refractivity contribution is 0.289. The van der Waals surface area contributed by atoms with Gasteiger partial charge in [0, 0.05) is 5.69 Å². The van der Waals surface area contributed by atoms with Crippen molar-refractivity contribution in [1.29, 1.82) is 0 Å². The van der Waals surface area contributed by atoms with Gasteiger partial charge >= 0.3 is 0 Å². The van der Waals surface area contributed by atoms with Crippen molar-refractivity contribution in [2.45, 2.75) is 39.2 Å². The van der Waals surface area contributed by atoms with E-state index in [1.807, 2.05) is 22.9 Å². The van der Waals surface area contributed by atoms with Crippen molar-refractivity contribution >= 4 is 5.69 Å². The first-order valence-corrected chi connectivity index (χ1v) is 6.73. The molecule has 6 heteroatoms. The van der Waals surface area contributed by atoms with Crippen LogP contribution in [0.2, 0.25) is 0 Å². The van der Waals surface area contributed by atoms with E-state index in [1.54, 1.807) is 7.11 Å². The summed E-state index contributed by atoms with van der Waals surface area (Å²) < 4.78 is 7.21. The molecular formula is C14H21N5O. The minimum Gasteiger partial charge on any atom is -0.496 e. The normalized spacial score (nSPS) is 11.6. The van der Waals surface area contributed by atoms with Crippen LogP contribution < -0.4 is 10.5 Å². The molecule has 108 valence electrons. The van der Waals surface area contributed by atoms with Gasteiger partial charge in [-0.1, -0.05) is 19.4 Å². The maximum absolute atomic E-state index is 6.09. The van der Waals surface area contributed by atoms with Crippen molar-refractivity contribution in [3.63, 3.8) is 0 Å². The number of hydrogen-bond acceptors (Lipinski definition) is 5. The predicted octanol–water partition coefficient (Wildman–Crippen LogP) is 2.47. The first-order chi connectivity index (χ1) is 9.51. The number of benzene rings is 1. The van der Waals surface area contributed by atoms with Crippen molar-refractivity contribution in [2.75, 3.05) is 12.8 Å². The van der Waals surface area contributed by atoms with E-state index in [2.05, 4.69) is 36.3 Å². The molecule has 6 nitrogen and oxygen atoms in total. The van der Waals surface area contributed by atoms with Gasteiger partial charge in [-0.25, -0.2) is 4.68 Å². The van der Waals surface area contributed by atoms with Gasteiger partial charge in [-0.3, -0.25) is 0 Å². The number of tetrazole rings is 1. The minimum absolute atomic E-state index is 0.180. The number of nitrogens with two attached hydrogens (primary N) is 1. The molecule has 0 radical (unpaired) electrons. The molecule has 0 unspecified atom stereocenters. The summed E-state index contributed by atoms with van der Waals surface area (Å²) in [5.41, 5.74) is 7.25. The van der Waals surface area contributed by atoms with Gasteiger partial charge in [0.15, 0.2) is 5.82 Å². The molecule has 0 aliphatic heterocycles. The number of rotatable bonds is 5. The van der Waals surface area contributed by atoms with Gasteiger partial charge in [0.25, 0.3) is 0 Å². The molecule has 0 aliphatic carbocycles. The summed E-state index contributed by atoms with van der Waals surface area (Å²) in [5.74, 6) is 1.31. The summed E-state index contributed by atoms with van der Waals surface area (Å²) in [4.78, 5) is 0. The van der Waals surface area contributed by atoms with E-state index >= 15 is 0 Å². The van der Waals surface area contributed by atoms with Crippen LogP contribution in [-0.2, 0) is 5.54 Å². The van der Waals surface area contributed by atoms with Crippen LogP contribution in [0.25, 0.3) is 11.4 Å². The van der Waals surface area contributed by atoms with Crippen molar-refractivity contribution in [3.8, 4) is 17.1 Å². The Hall–Kier alpha value is -2.11. The third kappa shape index (κ3) is 2.45. The van der Waals surface area contributed by atoms with Crippen LogP contribution in [0.3, 0.4) is 0 Å². The molecule has 2 N–H and O–H groups in total. The molecule has 1 aromatic carbocycles. The molecule has 2 aromatic rings. The second-order valence-electron chi connectivity index (χ2n) is 5.40. The Morgan fingerprint density at radius 3 is 2.75 bits per heavy atom. The molecule has 1 aromatic heterocycles. The fourth-order valence-corrected chi connectivity index (χ4v) is 2.43. The third-order valence-electron chi connectivity index (χ3n) is 3.41. The van der Waals surface area contributed by atoms with E-state index < -0.39 is 0 Å². The molecule has 0 saturated carbocycles. The van der Waals surface area contributed by atoms with Crippen LogP contribution in [0, 0.1) is 0 Å². The summed E-state index contributed by atoms with van der Waals surface area (Å²) in [6.45, 7) is 6.37. The van der Waals surface area contributed by atoms with E-state index in [0.29, 0.717) is 17.3 Å².